The van der Waals surface area contributed by atoms with Gasteiger partial charge in [-0.2, -0.15) is 11.8 Å². The van der Waals surface area contributed by atoms with E-state index in [-0.39, 0.29) is 0 Å². The predicted octanol–water partition coefficient (Wildman–Crippen LogP) is 3.69. The van der Waals surface area contributed by atoms with Crippen LogP contribution in [-0.2, 0) is 6.54 Å². The highest BCUT2D eigenvalue weighted by Gasteiger charge is 2.30. The molecule has 2 heterocycles. The van der Waals surface area contributed by atoms with Gasteiger partial charge in [0.05, 0.1) is 5.69 Å². The van der Waals surface area contributed by atoms with Crippen LogP contribution in [0.4, 0.5) is 5.95 Å². The average molecular weight is 267 g/mol. The van der Waals surface area contributed by atoms with Gasteiger partial charge in [-0.05, 0) is 38.9 Å². The molecule has 1 unspecified atom stereocenters. The number of nitrogens with zero attached hydrogens (tertiary/aromatic N) is 2. The molecule has 4 heteroatoms. The highest BCUT2D eigenvalue weighted by molar-refractivity contribution is 8.00. The van der Waals surface area contributed by atoms with Gasteiger partial charge in [-0.25, -0.2) is 4.98 Å². The van der Waals surface area contributed by atoms with Gasteiger partial charge in [-0.1, -0.05) is 13.3 Å². The first-order chi connectivity index (χ1) is 8.63. The molecule has 0 amide bonds. The Balaban J connectivity index is 2.02. The highest BCUT2D eigenvalue weighted by Crippen LogP contribution is 2.39. The number of aromatic nitrogens is 2. The van der Waals surface area contributed by atoms with Gasteiger partial charge in [0.25, 0.3) is 0 Å². The van der Waals surface area contributed by atoms with Crippen molar-refractivity contribution in [3.63, 3.8) is 0 Å². The van der Waals surface area contributed by atoms with E-state index in [0.29, 0.717) is 4.75 Å². The molecule has 0 bridgehead atoms. The van der Waals surface area contributed by atoms with E-state index < -0.39 is 0 Å². The Hall–Kier alpha value is -0.640. The summed E-state index contributed by atoms with van der Waals surface area (Å²) >= 11 is 2.11. The van der Waals surface area contributed by atoms with Crippen LogP contribution in [0.1, 0.15) is 45.2 Å². The molecule has 1 aliphatic heterocycles. The second-order valence-electron chi connectivity index (χ2n) is 5.52. The van der Waals surface area contributed by atoms with Crippen LogP contribution in [-0.4, -0.2) is 26.6 Å². The molecule has 18 heavy (non-hydrogen) atoms. The van der Waals surface area contributed by atoms with Crippen LogP contribution >= 0.6 is 11.8 Å². The summed E-state index contributed by atoms with van der Waals surface area (Å²) in [4.78, 5) is 4.60. The zero-order valence-electron chi connectivity index (χ0n) is 11.8. The Bertz CT molecular complexity index is 380. The number of nitrogens with one attached hydrogen (secondary N) is 1. The predicted molar refractivity (Wildman–Crippen MR) is 80.5 cm³/mol. The third kappa shape index (κ3) is 3.44. The summed E-state index contributed by atoms with van der Waals surface area (Å²) in [7, 11) is 0. The number of unbranched alkanes of at least 4 members (excludes halogenated alkanes) is 1. The summed E-state index contributed by atoms with van der Waals surface area (Å²) in [5.74, 6) is 2.36. The van der Waals surface area contributed by atoms with Gasteiger partial charge in [0, 0.05) is 24.0 Å². The maximum Gasteiger partial charge on any atom is 0.203 e. The number of aryl methyl sites for hydroxylation is 1. The Labute approximate surface area is 115 Å². The van der Waals surface area contributed by atoms with Crippen LogP contribution in [0.2, 0.25) is 0 Å². The van der Waals surface area contributed by atoms with Crippen molar-refractivity contribution in [3.8, 4) is 0 Å². The molecule has 102 valence electrons. The first-order valence-corrected chi connectivity index (χ1v) is 8.03. The molecule has 1 atom stereocenters. The summed E-state index contributed by atoms with van der Waals surface area (Å²) < 4.78 is 2.71. The van der Waals surface area contributed by atoms with Crippen molar-refractivity contribution in [3.05, 3.63) is 11.9 Å². The van der Waals surface area contributed by atoms with Crippen molar-refractivity contribution in [2.45, 2.75) is 57.7 Å². The van der Waals surface area contributed by atoms with Gasteiger partial charge in [-0.3, -0.25) is 0 Å². The monoisotopic (exact) mass is 267 g/mol. The number of hydrogen-bond donors (Lipinski definition) is 1. The summed E-state index contributed by atoms with van der Waals surface area (Å²) in [5, 5.41) is 3.47. The SMILES string of the molecule is CCCCNc1nc(C)cn1CC1(C)CCCS1. The number of rotatable bonds is 6. The molecule has 1 aromatic rings. The van der Waals surface area contributed by atoms with E-state index in [2.05, 4.69) is 53.6 Å². The van der Waals surface area contributed by atoms with E-state index in [4.69, 9.17) is 0 Å². The minimum absolute atomic E-state index is 0.397. The maximum absolute atomic E-state index is 4.60. The number of imidazole rings is 1. The third-order valence-corrected chi connectivity index (χ3v) is 5.04. The standard InChI is InChI=1S/C14H25N3S/c1-4-5-8-15-13-16-12(2)10-17(13)11-14(3)7-6-9-18-14/h10H,4-9,11H2,1-3H3,(H,15,16). The van der Waals surface area contributed by atoms with Gasteiger partial charge < -0.3 is 9.88 Å². The highest BCUT2D eigenvalue weighted by atomic mass is 32.2. The van der Waals surface area contributed by atoms with Crippen molar-refractivity contribution in [1.82, 2.24) is 9.55 Å². The lowest BCUT2D eigenvalue weighted by Crippen LogP contribution is -2.24. The second-order valence-corrected chi connectivity index (χ2v) is 7.20. The average Bonchev–Trinajstić information content (AvgIpc) is 2.87. The molecule has 1 fully saturated rings. The largest absolute Gasteiger partial charge is 0.356 e. The van der Waals surface area contributed by atoms with E-state index in [0.717, 1.165) is 24.7 Å². The summed E-state index contributed by atoms with van der Waals surface area (Å²) in [6.45, 7) is 8.78. The maximum atomic E-state index is 4.60. The molecule has 0 aliphatic carbocycles. The van der Waals surface area contributed by atoms with Crippen molar-refractivity contribution < 1.29 is 0 Å². The normalized spacial score (nSPS) is 23.5. The second kappa shape index (κ2) is 6.00. The van der Waals surface area contributed by atoms with Crippen molar-refractivity contribution in [1.29, 1.82) is 0 Å². The molecule has 1 aliphatic rings. The smallest absolute Gasteiger partial charge is 0.203 e. The Morgan fingerprint density at radius 1 is 1.56 bits per heavy atom. The Morgan fingerprint density at radius 3 is 3.06 bits per heavy atom. The fraction of sp³-hybridized carbons (Fsp3) is 0.786. The van der Waals surface area contributed by atoms with Crippen LogP contribution in [0.5, 0.6) is 0 Å². The lowest BCUT2D eigenvalue weighted by atomic mass is 10.1. The van der Waals surface area contributed by atoms with Crippen LogP contribution in [0.25, 0.3) is 0 Å². The molecule has 0 saturated carbocycles. The molecule has 0 spiro atoms. The fourth-order valence-electron chi connectivity index (χ4n) is 2.51. The molecule has 0 aromatic carbocycles. The first kappa shape index (κ1) is 13.8. The van der Waals surface area contributed by atoms with E-state index in [1.54, 1.807) is 0 Å². The number of hydrogen-bond acceptors (Lipinski definition) is 3. The van der Waals surface area contributed by atoms with Crippen molar-refractivity contribution >= 4 is 17.7 Å². The molecule has 1 aromatic heterocycles. The summed E-state index contributed by atoms with van der Waals surface area (Å²) in [5.41, 5.74) is 1.11. The van der Waals surface area contributed by atoms with E-state index in [1.165, 1.54) is 31.4 Å². The topological polar surface area (TPSA) is 29.9 Å². The van der Waals surface area contributed by atoms with Gasteiger partial charge in [-0.15, -0.1) is 0 Å². The molecule has 1 saturated heterocycles. The molecular formula is C14H25N3S. The molecular weight excluding hydrogens is 242 g/mol. The van der Waals surface area contributed by atoms with Crippen molar-refractivity contribution in [2.75, 3.05) is 17.6 Å². The first-order valence-electron chi connectivity index (χ1n) is 7.04. The number of thioether (sulfide) groups is 1. The molecule has 1 N–H and O–H groups in total. The molecule has 0 radical (unpaired) electrons. The zero-order chi connectivity index (χ0) is 13.0. The van der Waals surface area contributed by atoms with Gasteiger partial charge in [0.15, 0.2) is 0 Å². The van der Waals surface area contributed by atoms with E-state index >= 15 is 0 Å². The van der Waals surface area contributed by atoms with E-state index in [9.17, 15) is 0 Å². The van der Waals surface area contributed by atoms with Crippen LogP contribution in [0.15, 0.2) is 6.20 Å². The third-order valence-electron chi connectivity index (χ3n) is 3.52. The Morgan fingerprint density at radius 2 is 2.39 bits per heavy atom. The minimum atomic E-state index is 0.397. The fourth-order valence-corrected chi connectivity index (χ4v) is 3.81. The number of anilines is 1. The van der Waals surface area contributed by atoms with Gasteiger partial charge >= 0.3 is 0 Å². The summed E-state index contributed by atoms with van der Waals surface area (Å²) in [6.07, 6.45) is 7.29. The Kier molecular flexibility index (Phi) is 4.60. The minimum Gasteiger partial charge on any atom is -0.356 e. The summed E-state index contributed by atoms with van der Waals surface area (Å²) in [6, 6.07) is 0. The van der Waals surface area contributed by atoms with Crippen molar-refractivity contribution in [2.24, 2.45) is 0 Å². The van der Waals surface area contributed by atoms with Crippen LogP contribution < -0.4 is 5.32 Å². The van der Waals surface area contributed by atoms with Crippen LogP contribution in [0.3, 0.4) is 0 Å². The zero-order valence-corrected chi connectivity index (χ0v) is 12.6. The quantitative estimate of drug-likeness (QED) is 0.797. The van der Waals surface area contributed by atoms with Crippen LogP contribution in [0, 0.1) is 6.92 Å². The lowest BCUT2D eigenvalue weighted by molar-refractivity contribution is 0.513. The molecule has 2 rings (SSSR count). The lowest BCUT2D eigenvalue weighted by Gasteiger charge is -2.24. The van der Waals surface area contributed by atoms with Gasteiger partial charge in [0.2, 0.25) is 5.95 Å². The van der Waals surface area contributed by atoms with Gasteiger partial charge in [0.1, 0.15) is 0 Å². The molecule has 3 nitrogen and oxygen atoms in total. The van der Waals surface area contributed by atoms with E-state index in [1.807, 2.05) is 0 Å².